The highest BCUT2D eigenvalue weighted by atomic mass is 32.2. The fraction of sp³-hybridized carbons (Fsp3) is 0.304. The second-order valence-electron chi connectivity index (χ2n) is 7.61. The van der Waals surface area contributed by atoms with Crippen molar-refractivity contribution < 1.29 is 27.4 Å². The molecule has 4 rings (SSSR count). The number of halogens is 3. The number of thioether (sulfide) groups is 1. The number of carbonyl (C=O) groups excluding carboxylic acids is 1. The summed E-state index contributed by atoms with van der Waals surface area (Å²) < 4.78 is 53.4. The Morgan fingerprint density at radius 3 is 2.59 bits per heavy atom. The first kappa shape index (κ1) is 23.8. The maximum Gasteiger partial charge on any atom is 0.410 e. The standard InChI is InChI=1S/C23H23F3N4O3S/c1-32-17-9-8-13(10-18(17)33-2)16-11-20(23(24,25)26)30-21(28-16)14(12-27-30)22(31)29-15-6-4-5-7-19(15)34-3/h4-10,12,16,20,28H,11H2,1-3H3,(H,29,31)/t16-,20-/m0/s1. The topological polar surface area (TPSA) is 77.4 Å². The Balaban J connectivity index is 1.71. The van der Waals surface area contributed by atoms with Gasteiger partial charge in [0.2, 0.25) is 0 Å². The quantitative estimate of drug-likeness (QED) is 0.441. The molecule has 0 saturated heterocycles. The zero-order valence-corrected chi connectivity index (χ0v) is 19.5. The van der Waals surface area contributed by atoms with Gasteiger partial charge in [-0.15, -0.1) is 11.8 Å². The number of hydrogen-bond acceptors (Lipinski definition) is 6. The molecule has 2 aromatic carbocycles. The van der Waals surface area contributed by atoms with Crippen LogP contribution in [0.5, 0.6) is 11.5 Å². The van der Waals surface area contributed by atoms with Gasteiger partial charge in [0.05, 0.1) is 32.1 Å². The molecule has 0 fully saturated rings. The monoisotopic (exact) mass is 492 g/mol. The number of hydrogen-bond donors (Lipinski definition) is 2. The number of amides is 1. The molecule has 2 atom stereocenters. The summed E-state index contributed by atoms with van der Waals surface area (Å²) in [6, 6.07) is 9.49. The fourth-order valence-electron chi connectivity index (χ4n) is 3.95. The van der Waals surface area contributed by atoms with Crippen LogP contribution in [-0.2, 0) is 0 Å². The Morgan fingerprint density at radius 1 is 1.18 bits per heavy atom. The van der Waals surface area contributed by atoms with E-state index in [9.17, 15) is 18.0 Å². The van der Waals surface area contributed by atoms with Crippen molar-refractivity contribution in [1.82, 2.24) is 9.78 Å². The summed E-state index contributed by atoms with van der Waals surface area (Å²) in [5, 5.41) is 9.79. The van der Waals surface area contributed by atoms with E-state index >= 15 is 0 Å². The smallest absolute Gasteiger partial charge is 0.410 e. The molecule has 7 nitrogen and oxygen atoms in total. The molecule has 11 heteroatoms. The molecule has 1 amide bonds. The van der Waals surface area contributed by atoms with Gasteiger partial charge in [0.25, 0.3) is 5.91 Å². The summed E-state index contributed by atoms with van der Waals surface area (Å²) in [5.41, 5.74) is 1.16. The van der Waals surface area contributed by atoms with E-state index in [1.54, 1.807) is 30.3 Å². The summed E-state index contributed by atoms with van der Waals surface area (Å²) in [4.78, 5) is 13.9. The van der Waals surface area contributed by atoms with E-state index in [0.717, 1.165) is 15.8 Å². The fourth-order valence-corrected chi connectivity index (χ4v) is 4.51. The predicted octanol–water partition coefficient (Wildman–Crippen LogP) is 5.53. The molecule has 2 N–H and O–H groups in total. The minimum absolute atomic E-state index is 0.00694. The Bertz CT molecular complexity index is 1200. The molecule has 0 aliphatic carbocycles. The summed E-state index contributed by atoms with van der Waals surface area (Å²) in [5.74, 6) is 0.319. The molecule has 1 aromatic heterocycles. The van der Waals surface area contributed by atoms with Gasteiger partial charge in [-0.05, 0) is 36.1 Å². The number of nitrogens with one attached hydrogen (secondary N) is 2. The van der Waals surface area contributed by atoms with Crippen LogP contribution in [0.25, 0.3) is 0 Å². The molecule has 1 aliphatic rings. The maximum atomic E-state index is 14.0. The molecule has 1 aliphatic heterocycles. The van der Waals surface area contributed by atoms with E-state index in [1.807, 2.05) is 18.4 Å². The van der Waals surface area contributed by atoms with Crippen molar-refractivity contribution in [3.05, 3.63) is 59.8 Å². The first-order chi connectivity index (χ1) is 16.3. The third kappa shape index (κ3) is 4.52. The number of nitrogens with zero attached hydrogens (tertiary/aromatic N) is 2. The number of rotatable bonds is 6. The first-order valence-corrected chi connectivity index (χ1v) is 11.6. The SMILES string of the molecule is COc1ccc([C@@H]2C[C@@H](C(F)(F)F)n3ncc(C(=O)Nc4ccccc4SC)c3N2)cc1OC. The van der Waals surface area contributed by atoms with Crippen LogP contribution in [0.1, 0.15) is 34.4 Å². The minimum atomic E-state index is -4.56. The zero-order valence-electron chi connectivity index (χ0n) is 18.6. The highest BCUT2D eigenvalue weighted by molar-refractivity contribution is 7.98. The molecule has 0 saturated carbocycles. The van der Waals surface area contributed by atoms with Crippen molar-refractivity contribution in [3.63, 3.8) is 0 Å². The Kier molecular flexibility index (Phi) is 6.65. The molecule has 2 heterocycles. The van der Waals surface area contributed by atoms with Gasteiger partial charge in [0.15, 0.2) is 17.5 Å². The molecule has 3 aromatic rings. The van der Waals surface area contributed by atoms with Crippen LogP contribution in [0, 0.1) is 0 Å². The molecular formula is C23H23F3N4O3S. The Morgan fingerprint density at radius 2 is 1.91 bits per heavy atom. The van der Waals surface area contributed by atoms with Gasteiger partial charge < -0.3 is 20.1 Å². The van der Waals surface area contributed by atoms with E-state index in [2.05, 4.69) is 15.7 Å². The van der Waals surface area contributed by atoms with E-state index in [-0.39, 0.29) is 17.8 Å². The van der Waals surface area contributed by atoms with Crippen LogP contribution in [0.2, 0.25) is 0 Å². The van der Waals surface area contributed by atoms with Gasteiger partial charge in [-0.3, -0.25) is 4.79 Å². The summed E-state index contributed by atoms with van der Waals surface area (Å²) >= 11 is 1.45. The van der Waals surface area contributed by atoms with Crippen LogP contribution < -0.4 is 20.1 Å². The molecule has 180 valence electrons. The maximum absolute atomic E-state index is 14.0. The van der Waals surface area contributed by atoms with Gasteiger partial charge in [-0.25, -0.2) is 4.68 Å². The number of ether oxygens (including phenoxy) is 2. The summed E-state index contributed by atoms with van der Waals surface area (Å²) in [6.07, 6.45) is -1.83. The van der Waals surface area contributed by atoms with Crippen molar-refractivity contribution in [3.8, 4) is 11.5 Å². The summed E-state index contributed by atoms with van der Waals surface area (Å²) in [6.45, 7) is 0. The molecule has 0 unspecified atom stereocenters. The number of carbonyl (C=O) groups is 1. The van der Waals surface area contributed by atoms with Gasteiger partial charge >= 0.3 is 6.18 Å². The number of para-hydroxylation sites is 1. The van der Waals surface area contributed by atoms with Gasteiger partial charge in [0, 0.05) is 11.3 Å². The van der Waals surface area contributed by atoms with E-state index in [1.165, 1.54) is 26.0 Å². The molecule has 0 spiro atoms. The molecule has 0 radical (unpaired) electrons. The number of anilines is 2. The summed E-state index contributed by atoms with van der Waals surface area (Å²) in [7, 11) is 2.94. The normalized spacial score (nSPS) is 17.5. The highest BCUT2D eigenvalue weighted by Crippen LogP contribution is 2.45. The van der Waals surface area contributed by atoms with Crippen LogP contribution in [0.4, 0.5) is 24.7 Å². The number of methoxy groups -OCH3 is 2. The molecular weight excluding hydrogens is 469 g/mol. The van der Waals surface area contributed by atoms with Crippen molar-refractivity contribution in [2.75, 3.05) is 31.1 Å². The Labute approximate surface area is 198 Å². The predicted molar refractivity (Wildman–Crippen MR) is 124 cm³/mol. The molecule has 0 bridgehead atoms. The number of aromatic nitrogens is 2. The zero-order chi connectivity index (χ0) is 24.5. The van der Waals surface area contributed by atoms with Gasteiger partial charge in [-0.1, -0.05) is 18.2 Å². The van der Waals surface area contributed by atoms with E-state index in [4.69, 9.17) is 9.47 Å². The van der Waals surface area contributed by atoms with Crippen molar-refractivity contribution in [2.45, 2.75) is 29.6 Å². The second kappa shape index (κ2) is 9.49. The van der Waals surface area contributed by atoms with E-state index in [0.29, 0.717) is 22.7 Å². The first-order valence-electron chi connectivity index (χ1n) is 10.3. The van der Waals surface area contributed by atoms with Crippen molar-refractivity contribution in [1.29, 1.82) is 0 Å². The number of benzene rings is 2. The third-order valence-corrected chi connectivity index (χ3v) is 6.44. The van der Waals surface area contributed by atoms with Crippen LogP contribution in [0.3, 0.4) is 0 Å². The lowest BCUT2D eigenvalue weighted by molar-refractivity contribution is -0.173. The lowest BCUT2D eigenvalue weighted by Crippen LogP contribution is -2.36. The minimum Gasteiger partial charge on any atom is -0.493 e. The van der Waals surface area contributed by atoms with Crippen LogP contribution >= 0.6 is 11.8 Å². The van der Waals surface area contributed by atoms with Crippen molar-refractivity contribution >= 4 is 29.2 Å². The average Bonchev–Trinajstić information content (AvgIpc) is 3.26. The van der Waals surface area contributed by atoms with Crippen LogP contribution in [-0.4, -0.2) is 42.3 Å². The van der Waals surface area contributed by atoms with Gasteiger partial charge in [0.1, 0.15) is 11.4 Å². The average molecular weight is 493 g/mol. The van der Waals surface area contributed by atoms with Crippen LogP contribution in [0.15, 0.2) is 53.6 Å². The van der Waals surface area contributed by atoms with Crippen molar-refractivity contribution in [2.24, 2.45) is 0 Å². The lowest BCUT2D eigenvalue weighted by atomic mass is 9.96. The van der Waals surface area contributed by atoms with E-state index < -0.39 is 24.2 Å². The lowest BCUT2D eigenvalue weighted by Gasteiger charge is -2.34. The third-order valence-electron chi connectivity index (χ3n) is 5.65. The highest BCUT2D eigenvalue weighted by Gasteiger charge is 2.47. The second-order valence-corrected chi connectivity index (χ2v) is 8.46. The largest absolute Gasteiger partial charge is 0.493 e. The number of alkyl halides is 3. The number of fused-ring (bicyclic) bond motifs is 1. The van der Waals surface area contributed by atoms with Gasteiger partial charge in [-0.2, -0.15) is 18.3 Å². The molecule has 34 heavy (non-hydrogen) atoms. The Hall–Kier alpha value is -3.34.